The van der Waals surface area contributed by atoms with E-state index in [0.29, 0.717) is 30.2 Å². The van der Waals surface area contributed by atoms with Gasteiger partial charge in [-0.1, -0.05) is 19.4 Å². The molecular weight excluding hydrogens is 456 g/mol. The van der Waals surface area contributed by atoms with E-state index in [2.05, 4.69) is 35.1 Å². The summed E-state index contributed by atoms with van der Waals surface area (Å²) in [5, 5.41) is 3.00. The summed E-state index contributed by atoms with van der Waals surface area (Å²) >= 11 is 0. The van der Waals surface area contributed by atoms with E-state index in [0.717, 1.165) is 37.9 Å². The third kappa shape index (κ3) is 6.23. The number of hydrogen-bond acceptors (Lipinski definition) is 6. The number of nitrogens with one attached hydrogen (secondary N) is 1. The second-order valence-corrected chi connectivity index (χ2v) is 10.2. The Kier molecular flexibility index (Phi) is 8.59. The summed E-state index contributed by atoms with van der Waals surface area (Å²) in [6.07, 6.45) is 6.51. The molecule has 1 saturated carbocycles. The van der Waals surface area contributed by atoms with Crippen LogP contribution in [0.2, 0.25) is 0 Å². The molecule has 4 rings (SSSR count). The van der Waals surface area contributed by atoms with Crippen LogP contribution < -0.4 is 10.1 Å². The van der Waals surface area contributed by atoms with Crippen LogP contribution in [0.5, 0.6) is 5.75 Å². The normalized spacial score (nSPS) is 24.1. The lowest BCUT2D eigenvalue weighted by Crippen LogP contribution is -2.46. The molecule has 1 aliphatic heterocycles. The topological polar surface area (TPSA) is 84.0 Å². The number of carbonyl (C=O) groups is 2. The lowest BCUT2D eigenvalue weighted by Gasteiger charge is -2.36. The highest BCUT2D eigenvalue weighted by molar-refractivity contribution is 5.99. The van der Waals surface area contributed by atoms with Gasteiger partial charge in [0.1, 0.15) is 12.4 Å². The third-order valence-corrected chi connectivity index (χ3v) is 7.43. The zero-order valence-electron chi connectivity index (χ0n) is 21.8. The largest absolute Gasteiger partial charge is 0.491 e. The summed E-state index contributed by atoms with van der Waals surface area (Å²) < 4.78 is 12.1. The number of aromatic nitrogens is 1. The molecule has 2 amide bonds. The maximum Gasteiger partial charge on any atom is 0.257 e. The van der Waals surface area contributed by atoms with E-state index < -0.39 is 0 Å². The van der Waals surface area contributed by atoms with Crippen molar-refractivity contribution in [2.45, 2.75) is 51.8 Å². The lowest BCUT2D eigenvalue weighted by molar-refractivity contribution is -0.122. The van der Waals surface area contributed by atoms with Crippen molar-refractivity contribution < 1.29 is 19.1 Å². The summed E-state index contributed by atoms with van der Waals surface area (Å²) in [5.41, 5.74) is 2.26. The maximum atomic E-state index is 13.4. The Labute approximate surface area is 214 Å². The van der Waals surface area contributed by atoms with Crippen LogP contribution in [0.15, 0.2) is 42.7 Å². The van der Waals surface area contributed by atoms with Crippen LogP contribution in [0.25, 0.3) is 0 Å². The third-order valence-electron chi connectivity index (χ3n) is 7.43. The molecule has 3 atom stereocenters. The molecule has 1 aliphatic carbocycles. The van der Waals surface area contributed by atoms with E-state index in [1.807, 2.05) is 12.3 Å². The summed E-state index contributed by atoms with van der Waals surface area (Å²) in [5.74, 6) is 0.650. The molecule has 36 heavy (non-hydrogen) atoms. The fraction of sp³-hybridized carbons (Fsp3) is 0.536. The summed E-state index contributed by atoms with van der Waals surface area (Å²) in [4.78, 5) is 34.2. The molecule has 1 aromatic heterocycles. The Balaban J connectivity index is 1.61. The highest BCUT2D eigenvalue weighted by Gasteiger charge is 2.29. The number of likely N-dealkylation sites (N-methyl/N-ethyl adjacent to an activating group) is 1. The number of amides is 2. The SMILES string of the molecule is CO[C@@H]1CN(C)C(=O)c2ccc(NC(=O)C3CCC3)cc2OC[C@H](C)N(Cc2cccnc2)C[C@H]1C. The van der Waals surface area contributed by atoms with E-state index in [4.69, 9.17) is 9.47 Å². The molecule has 8 heteroatoms. The minimum Gasteiger partial charge on any atom is -0.491 e. The van der Waals surface area contributed by atoms with Gasteiger partial charge in [0.05, 0.1) is 11.7 Å². The van der Waals surface area contributed by atoms with Crippen molar-refractivity contribution in [1.29, 1.82) is 0 Å². The Bertz CT molecular complexity index is 1040. The minimum absolute atomic E-state index is 0.0331. The van der Waals surface area contributed by atoms with Crippen LogP contribution in [0.3, 0.4) is 0 Å². The number of methoxy groups -OCH3 is 1. The van der Waals surface area contributed by atoms with Crippen LogP contribution in [0.1, 0.15) is 49.0 Å². The van der Waals surface area contributed by atoms with Gasteiger partial charge in [0.2, 0.25) is 5.91 Å². The number of carbonyl (C=O) groups excluding carboxylic acids is 2. The molecule has 1 fully saturated rings. The highest BCUT2D eigenvalue weighted by atomic mass is 16.5. The van der Waals surface area contributed by atoms with Crippen molar-refractivity contribution in [3.05, 3.63) is 53.9 Å². The zero-order chi connectivity index (χ0) is 25.7. The Morgan fingerprint density at radius 3 is 2.69 bits per heavy atom. The molecule has 0 unspecified atom stereocenters. The quantitative estimate of drug-likeness (QED) is 0.680. The van der Waals surface area contributed by atoms with Gasteiger partial charge in [0, 0.05) is 69.9 Å². The lowest BCUT2D eigenvalue weighted by atomic mass is 9.85. The van der Waals surface area contributed by atoms with Gasteiger partial charge in [0.15, 0.2) is 0 Å². The van der Waals surface area contributed by atoms with Crippen LogP contribution in [-0.2, 0) is 16.1 Å². The van der Waals surface area contributed by atoms with Crippen LogP contribution in [0.4, 0.5) is 5.69 Å². The first-order chi connectivity index (χ1) is 17.4. The molecule has 1 N–H and O–H groups in total. The number of fused-ring (bicyclic) bond motifs is 1. The fourth-order valence-electron chi connectivity index (χ4n) is 4.79. The van der Waals surface area contributed by atoms with Crippen molar-refractivity contribution in [2.24, 2.45) is 11.8 Å². The zero-order valence-corrected chi connectivity index (χ0v) is 21.8. The average Bonchev–Trinajstić information content (AvgIpc) is 2.83. The monoisotopic (exact) mass is 494 g/mol. The van der Waals surface area contributed by atoms with Gasteiger partial charge in [-0.05, 0) is 49.4 Å². The number of pyridine rings is 1. The molecular formula is C28H38N4O4. The van der Waals surface area contributed by atoms with Crippen molar-refractivity contribution in [2.75, 3.05) is 39.2 Å². The number of nitrogens with zero attached hydrogens (tertiary/aromatic N) is 3. The van der Waals surface area contributed by atoms with E-state index in [1.165, 1.54) is 0 Å². The standard InChI is InChI=1S/C28H38N4O4/c1-19-15-32(16-21-7-6-12-29-14-21)20(2)18-36-25-13-23(30-27(33)22-8-5-9-22)10-11-24(25)28(34)31(3)17-26(19)35-4/h6-7,10-14,19-20,22,26H,5,8-9,15-18H2,1-4H3,(H,30,33)/t19-,20+,26-/m1/s1. The van der Waals surface area contributed by atoms with Crippen molar-refractivity contribution in [3.8, 4) is 5.75 Å². The van der Waals surface area contributed by atoms with Gasteiger partial charge in [-0.3, -0.25) is 19.5 Å². The second-order valence-electron chi connectivity index (χ2n) is 10.2. The van der Waals surface area contributed by atoms with Gasteiger partial charge in [-0.2, -0.15) is 0 Å². The summed E-state index contributed by atoms with van der Waals surface area (Å²) in [6, 6.07) is 9.40. The number of anilines is 1. The number of benzene rings is 1. The molecule has 2 aromatic rings. The van der Waals surface area contributed by atoms with Gasteiger partial charge in [0.25, 0.3) is 5.91 Å². The molecule has 0 saturated heterocycles. The highest BCUT2D eigenvalue weighted by Crippen LogP contribution is 2.30. The molecule has 0 radical (unpaired) electrons. The summed E-state index contributed by atoms with van der Waals surface area (Å²) in [7, 11) is 3.49. The number of ether oxygens (including phenoxy) is 2. The van der Waals surface area contributed by atoms with Gasteiger partial charge in [-0.15, -0.1) is 0 Å². The van der Waals surface area contributed by atoms with E-state index in [1.54, 1.807) is 43.5 Å². The van der Waals surface area contributed by atoms with Crippen molar-refractivity contribution in [1.82, 2.24) is 14.8 Å². The molecule has 2 heterocycles. The molecule has 8 nitrogen and oxygen atoms in total. The maximum absolute atomic E-state index is 13.4. The first-order valence-electron chi connectivity index (χ1n) is 12.8. The van der Waals surface area contributed by atoms with Gasteiger partial charge < -0.3 is 19.7 Å². The van der Waals surface area contributed by atoms with Crippen molar-refractivity contribution >= 4 is 17.5 Å². The molecule has 2 aliphatic rings. The average molecular weight is 495 g/mol. The number of rotatable bonds is 5. The smallest absolute Gasteiger partial charge is 0.257 e. The van der Waals surface area contributed by atoms with E-state index in [-0.39, 0.29) is 35.8 Å². The summed E-state index contributed by atoms with van der Waals surface area (Å²) in [6.45, 7) is 6.67. The Morgan fingerprint density at radius 1 is 1.22 bits per heavy atom. The first-order valence-corrected chi connectivity index (χ1v) is 12.8. The Hall–Kier alpha value is -2.97. The minimum atomic E-state index is -0.128. The van der Waals surface area contributed by atoms with Crippen molar-refractivity contribution in [3.63, 3.8) is 0 Å². The van der Waals surface area contributed by atoms with Crippen LogP contribution in [-0.4, -0.2) is 72.6 Å². The molecule has 0 bridgehead atoms. The van der Waals surface area contributed by atoms with Gasteiger partial charge >= 0.3 is 0 Å². The fourth-order valence-corrected chi connectivity index (χ4v) is 4.79. The predicted octanol–water partition coefficient (Wildman–Crippen LogP) is 3.83. The molecule has 194 valence electrons. The number of hydrogen-bond donors (Lipinski definition) is 1. The van der Waals surface area contributed by atoms with Gasteiger partial charge in [-0.25, -0.2) is 0 Å². The predicted molar refractivity (Wildman–Crippen MR) is 139 cm³/mol. The first kappa shape index (κ1) is 26.1. The van der Waals surface area contributed by atoms with E-state index in [9.17, 15) is 9.59 Å². The second kappa shape index (κ2) is 11.8. The van der Waals surface area contributed by atoms with Crippen LogP contribution in [0, 0.1) is 11.8 Å². The molecule has 1 aromatic carbocycles. The Morgan fingerprint density at radius 2 is 2.03 bits per heavy atom. The van der Waals surface area contributed by atoms with Crippen LogP contribution >= 0.6 is 0 Å². The van der Waals surface area contributed by atoms with E-state index >= 15 is 0 Å². The molecule has 0 spiro atoms.